The first-order valence-corrected chi connectivity index (χ1v) is 9.75. The van der Waals surface area contributed by atoms with Crippen molar-refractivity contribution in [3.05, 3.63) is 62.9 Å². The zero-order valence-corrected chi connectivity index (χ0v) is 15.5. The van der Waals surface area contributed by atoms with Crippen molar-refractivity contribution < 1.29 is 4.79 Å². The van der Waals surface area contributed by atoms with E-state index in [0.717, 1.165) is 34.2 Å². The minimum absolute atomic E-state index is 0.0605. The highest BCUT2D eigenvalue weighted by atomic mass is 35.5. The van der Waals surface area contributed by atoms with Crippen LogP contribution in [0.3, 0.4) is 0 Å². The Hall–Kier alpha value is -1.91. The third-order valence-electron chi connectivity index (χ3n) is 4.57. The van der Waals surface area contributed by atoms with Gasteiger partial charge in [-0.2, -0.15) is 0 Å². The lowest BCUT2D eigenvalue weighted by Crippen LogP contribution is -2.30. The Balaban J connectivity index is 1.65. The van der Waals surface area contributed by atoms with E-state index in [1.807, 2.05) is 23.6 Å². The molecule has 0 radical (unpaired) electrons. The van der Waals surface area contributed by atoms with E-state index in [1.165, 1.54) is 5.56 Å². The van der Waals surface area contributed by atoms with Crippen LogP contribution in [0.1, 0.15) is 34.9 Å². The van der Waals surface area contributed by atoms with Crippen molar-refractivity contribution in [1.29, 1.82) is 0 Å². The molecule has 5 heteroatoms. The summed E-state index contributed by atoms with van der Waals surface area (Å²) < 4.78 is 0. The summed E-state index contributed by atoms with van der Waals surface area (Å²) in [5.74, 6) is 0.342. The number of halogens is 1. The van der Waals surface area contributed by atoms with Crippen molar-refractivity contribution in [2.75, 3.05) is 0 Å². The summed E-state index contributed by atoms with van der Waals surface area (Å²) in [5, 5.41) is 6.83. The highest BCUT2D eigenvalue weighted by Crippen LogP contribution is 2.32. The number of nitrogens with one attached hydrogen (secondary N) is 1. The normalized spacial score (nSPS) is 15.3. The summed E-state index contributed by atoms with van der Waals surface area (Å²) in [6.07, 6.45) is 2.65. The molecule has 2 heterocycles. The van der Waals surface area contributed by atoms with Gasteiger partial charge in [-0.3, -0.25) is 4.79 Å². The Morgan fingerprint density at radius 2 is 2.20 bits per heavy atom. The molecule has 1 fully saturated rings. The number of aryl methyl sites for hydroxylation is 1. The Labute approximate surface area is 156 Å². The number of hydrogen-bond donors (Lipinski definition) is 1. The minimum atomic E-state index is -0.0605. The summed E-state index contributed by atoms with van der Waals surface area (Å²) in [7, 11) is 0. The lowest BCUT2D eigenvalue weighted by Gasteiger charge is -2.18. The average molecular weight is 371 g/mol. The Kier molecular flexibility index (Phi) is 4.48. The number of thiophene rings is 1. The molecule has 0 aliphatic heterocycles. The van der Waals surface area contributed by atoms with Crippen LogP contribution >= 0.6 is 22.9 Å². The molecule has 4 rings (SSSR count). The van der Waals surface area contributed by atoms with Gasteiger partial charge in [0.05, 0.1) is 11.6 Å². The van der Waals surface area contributed by atoms with Crippen molar-refractivity contribution in [3.8, 4) is 0 Å². The molecule has 128 valence electrons. The Morgan fingerprint density at radius 3 is 2.92 bits per heavy atom. The fraction of sp³-hybridized carbons (Fsp3) is 0.300. The van der Waals surface area contributed by atoms with Crippen LogP contribution in [0.25, 0.3) is 10.9 Å². The van der Waals surface area contributed by atoms with Gasteiger partial charge in [-0.15, -0.1) is 11.3 Å². The van der Waals surface area contributed by atoms with E-state index in [0.29, 0.717) is 11.6 Å². The molecule has 0 saturated heterocycles. The highest BCUT2D eigenvalue weighted by Gasteiger charge is 2.31. The first-order chi connectivity index (χ1) is 12.1. The van der Waals surface area contributed by atoms with Gasteiger partial charge in [0, 0.05) is 22.6 Å². The van der Waals surface area contributed by atoms with Gasteiger partial charge in [0.2, 0.25) is 5.91 Å². The molecule has 1 N–H and O–H groups in total. The highest BCUT2D eigenvalue weighted by molar-refractivity contribution is 7.10. The largest absolute Gasteiger partial charge is 0.348 e. The second-order valence-corrected chi connectivity index (χ2v) is 8.03. The van der Waals surface area contributed by atoms with Crippen molar-refractivity contribution in [2.45, 2.75) is 32.2 Å². The molecule has 1 aliphatic carbocycles. The number of pyridine rings is 1. The Morgan fingerprint density at radius 1 is 1.36 bits per heavy atom. The first-order valence-electron chi connectivity index (χ1n) is 8.50. The molecule has 25 heavy (non-hydrogen) atoms. The smallest absolute Gasteiger partial charge is 0.223 e. The summed E-state index contributed by atoms with van der Waals surface area (Å²) in [6.45, 7) is 2.07. The second-order valence-electron chi connectivity index (χ2n) is 6.69. The van der Waals surface area contributed by atoms with E-state index in [2.05, 4.69) is 35.4 Å². The van der Waals surface area contributed by atoms with Crippen molar-refractivity contribution >= 4 is 39.7 Å². The summed E-state index contributed by atoms with van der Waals surface area (Å²) in [6, 6.07) is 12.3. The van der Waals surface area contributed by atoms with Gasteiger partial charge in [0.15, 0.2) is 0 Å². The van der Waals surface area contributed by atoms with Crippen LogP contribution in [0.4, 0.5) is 0 Å². The fourth-order valence-electron chi connectivity index (χ4n) is 3.03. The van der Waals surface area contributed by atoms with E-state index < -0.39 is 0 Å². The third-order valence-corrected chi connectivity index (χ3v) is 5.88. The fourth-order valence-corrected chi connectivity index (χ4v) is 4.03. The van der Waals surface area contributed by atoms with Gasteiger partial charge >= 0.3 is 0 Å². The van der Waals surface area contributed by atoms with Gasteiger partial charge < -0.3 is 5.32 Å². The Bertz CT molecular complexity index is 919. The third kappa shape index (κ3) is 3.70. The number of fused-ring (bicyclic) bond motifs is 1. The van der Waals surface area contributed by atoms with Crippen LogP contribution in [0, 0.1) is 12.8 Å². The SMILES string of the molecule is Cc1ccc2nc(Cl)c(CC(NC(=O)C3CC3)c3cccs3)cc2c1. The number of amides is 1. The summed E-state index contributed by atoms with van der Waals surface area (Å²) >= 11 is 8.10. The summed E-state index contributed by atoms with van der Waals surface area (Å²) in [5.41, 5.74) is 3.06. The molecule has 3 aromatic rings. The van der Waals surface area contributed by atoms with Crippen molar-refractivity contribution in [1.82, 2.24) is 10.3 Å². The lowest BCUT2D eigenvalue weighted by atomic mass is 10.0. The molecule has 1 amide bonds. The lowest BCUT2D eigenvalue weighted by molar-refractivity contribution is -0.123. The van der Waals surface area contributed by atoms with Crippen LogP contribution in [0.5, 0.6) is 0 Å². The van der Waals surface area contributed by atoms with Crippen molar-refractivity contribution in [3.63, 3.8) is 0 Å². The predicted molar refractivity (Wildman–Crippen MR) is 103 cm³/mol. The number of carbonyl (C=O) groups is 1. The maximum absolute atomic E-state index is 12.3. The van der Waals surface area contributed by atoms with E-state index in [-0.39, 0.29) is 17.9 Å². The number of aromatic nitrogens is 1. The molecule has 1 aromatic carbocycles. The van der Waals surface area contributed by atoms with Gasteiger partial charge in [-0.25, -0.2) is 4.98 Å². The van der Waals surface area contributed by atoms with E-state index >= 15 is 0 Å². The van der Waals surface area contributed by atoms with Crippen LogP contribution in [-0.4, -0.2) is 10.9 Å². The monoisotopic (exact) mass is 370 g/mol. The maximum atomic E-state index is 12.3. The van der Waals surface area contributed by atoms with Gasteiger partial charge in [-0.1, -0.05) is 29.3 Å². The van der Waals surface area contributed by atoms with Gasteiger partial charge in [0.1, 0.15) is 5.15 Å². The number of carbonyl (C=O) groups excluding carboxylic acids is 1. The maximum Gasteiger partial charge on any atom is 0.223 e. The molecular formula is C20H19ClN2OS. The van der Waals surface area contributed by atoms with Crippen LogP contribution in [0.15, 0.2) is 41.8 Å². The van der Waals surface area contributed by atoms with E-state index in [1.54, 1.807) is 11.3 Å². The molecule has 1 aliphatic rings. The van der Waals surface area contributed by atoms with Crippen LogP contribution in [0.2, 0.25) is 5.15 Å². The standard InChI is InChI=1S/C20H19ClN2OS/c1-12-4-7-16-14(9-12)10-15(19(21)22-16)11-17(18-3-2-8-25-18)23-20(24)13-5-6-13/h2-4,7-10,13,17H,5-6,11H2,1H3,(H,23,24). The number of rotatable bonds is 5. The topological polar surface area (TPSA) is 42.0 Å². The molecule has 1 saturated carbocycles. The quantitative estimate of drug-likeness (QED) is 0.637. The first kappa shape index (κ1) is 16.6. The van der Waals surface area contributed by atoms with Crippen LogP contribution in [-0.2, 0) is 11.2 Å². The van der Waals surface area contributed by atoms with Gasteiger partial charge in [0.25, 0.3) is 0 Å². The summed E-state index contributed by atoms with van der Waals surface area (Å²) in [4.78, 5) is 18.0. The van der Waals surface area contributed by atoms with E-state index in [9.17, 15) is 4.79 Å². The molecule has 1 atom stereocenters. The van der Waals surface area contributed by atoms with Crippen LogP contribution < -0.4 is 5.32 Å². The minimum Gasteiger partial charge on any atom is -0.348 e. The average Bonchev–Trinajstić information content (AvgIpc) is 3.30. The number of hydrogen-bond acceptors (Lipinski definition) is 3. The molecule has 1 unspecified atom stereocenters. The zero-order valence-electron chi connectivity index (χ0n) is 14.0. The molecule has 3 nitrogen and oxygen atoms in total. The number of benzene rings is 1. The molecular weight excluding hydrogens is 352 g/mol. The van der Waals surface area contributed by atoms with Gasteiger partial charge in [-0.05, 0) is 55.0 Å². The zero-order chi connectivity index (χ0) is 17.4. The molecule has 0 bridgehead atoms. The number of nitrogens with zero attached hydrogens (tertiary/aromatic N) is 1. The second kappa shape index (κ2) is 6.77. The van der Waals surface area contributed by atoms with Crippen molar-refractivity contribution in [2.24, 2.45) is 5.92 Å². The van der Waals surface area contributed by atoms with E-state index in [4.69, 9.17) is 11.6 Å². The molecule has 2 aromatic heterocycles. The predicted octanol–water partition coefficient (Wildman–Crippen LogP) is 5.07. The molecule has 0 spiro atoms.